The topological polar surface area (TPSA) is 102 Å². The number of fused-ring (bicyclic) bond motifs is 1. The van der Waals surface area contributed by atoms with Gasteiger partial charge in [0.25, 0.3) is 11.8 Å². The molecule has 0 spiro atoms. The summed E-state index contributed by atoms with van der Waals surface area (Å²) in [5.74, 6) is 0.378. The van der Waals surface area contributed by atoms with E-state index >= 15 is 0 Å². The van der Waals surface area contributed by atoms with Crippen LogP contribution < -0.4 is 20.1 Å². The van der Waals surface area contributed by atoms with Crippen molar-refractivity contribution in [1.29, 1.82) is 0 Å². The van der Waals surface area contributed by atoms with Crippen LogP contribution in [-0.2, 0) is 0 Å². The first kappa shape index (κ1) is 17.5. The summed E-state index contributed by atoms with van der Waals surface area (Å²) in [6.07, 6.45) is 2.90. The molecule has 1 aliphatic rings. The Kier molecular flexibility index (Phi) is 4.59. The fraction of sp³-hybridized carbons (Fsp3) is 0.100. The molecule has 2 aromatic carbocycles. The van der Waals surface area contributed by atoms with Crippen LogP contribution in [0.3, 0.4) is 0 Å². The van der Waals surface area contributed by atoms with Gasteiger partial charge in [-0.15, -0.1) is 0 Å². The third-order valence-corrected chi connectivity index (χ3v) is 4.06. The van der Waals surface area contributed by atoms with Crippen LogP contribution in [0.15, 0.2) is 54.9 Å². The number of hydrogen-bond donors (Lipinski definition) is 2. The highest BCUT2D eigenvalue weighted by Gasteiger charge is 2.17. The van der Waals surface area contributed by atoms with E-state index in [1.165, 1.54) is 12.4 Å². The molecule has 28 heavy (non-hydrogen) atoms. The van der Waals surface area contributed by atoms with Gasteiger partial charge >= 0.3 is 0 Å². The molecule has 0 bridgehead atoms. The van der Waals surface area contributed by atoms with E-state index in [1.807, 2.05) is 0 Å². The van der Waals surface area contributed by atoms with Crippen molar-refractivity contribution in [3.8, 4) is 11.5 Å². The van der Waals surface area contributed by atoms with E-state index in [1.54, 1.807) is 49.4 Å². The lowest BCUT2D eigenvalue weighted by molar-refractivity contribution is 0.102. The summed E-state index contributed by atoms with van der Waals surface area (Å²) < 4.78 is 10.6. The highest BCUT2D eigenvalue weighted by molar-refractivity contribution is 6.12. The zero-order chi connectivity index (χ0) is 19.5. The molecule has 8 nitrogen and oxygen atoms in total. The summed E-state index contributed by atoms with van der Waals surface area (Å²) in [7, 11) is 0. The lowest BCUT2D eigenvalue weighted by atomic mass is 10.1. The molecule has 140 valence electrons. The van der Waals surface area contributed by atoms with Gasteiger partial charge in [-0.05, 0) is 31.2 Å². The van der Waals surface area contributed by atoms with Crippen LogP contribution in [0.1, 0.15) is 26.5 Å². The fourth-order valence-corrected chi connectivity index (χ4v) is 2.66. The van der Waals surface area contributed by atoms with Gasteiger partial charge in [-0.3, -0.25) is 14.6 Å². The molecule has 0 saturated carbocycles. The third kappa shape index (κ3) is 3.61. The van der Waals surface area contributed by atoms with E-state index in [2.05, 4.69) is 20.6 Å². The number of nitrogens with one attached hydrogen (secondary N) is 2. The van der Waals surface area contributed by atoms with Crippen molar-refractivity contribution in [1.82, 2.24) is 9.97 Å². The van der Waals surface area contributed by atoms with E-state index in [0.29, 0.717) is 34.1 Å². The van der Waals surface area contributed by atoms with Crippen LogP contribution in [0.4, 0.5) is 11.4 Å². The number of amides is 2. The van der Waals surface area contributed by atoms with Gasteiger partial charge in [0.1, 0.15) is 5.69 Å². The molecule has 2 N–H and O–H groups in total. The SMILES string of the molecule is Cc1cnc(C(=O)Nc2ccccc2C(=O)Nc2ccc3c(c2)OCO3)cn1. The van der Waals surface area contributed by atoms with Gasteiger partial charge in [-0.2, -0.15) is 0 Å². The maximum Gasteiger partial charge on any atom is 0.275 e. The van der Waals surface area contributed by atoms with Crippen molar-refractivity contribution >= 4 is 23.2 Å². The van der Waals surface area contributed by atoms with E-state index in [9.17, 15) is 9.59 Å². The van der Waals surface area contributed by atoms with Crippen LogP contribution in [-0.4, -0.2) is 28.6 Å². The fourth-order valence-electron chi connectivity index (χ4n) is 2.66. The second kappa shape index (κ2) is 7.36. The number of carbonyl (C=O) groups is 2. The van der Waals surface area contributed by atoms with Crippen LogP contribution in [0.5, 0.6) is 11.5 Å². The third-order valence-electron chi connectivity index (χ3n) is 4.06. The molecule has 3 aromatic rings. The summed E-state index contributed by atoms with van der Waals surface area (Å²) in [6.45, 7) is 1.94. The Labute approximate surface area is 160 Å². The standard InChI is InChI=1S/C20H16N4O4/c1-12-9-22-16(10-21-12)20(26)24-15-5-3-2-4-14(15)19(25)23-13-6-7-17-18(8-13)28-11-27-17/h2-10H,11H2,1H3,(H,23,25)(H,24,26). The number of nitrogens with zero attached hydrogens (tertiary/aromatic N) is 2. The van der Waals surface area contributed by atoms with Crippen molar-refractivity contribution in [3.63, 3.8) is 0 Å². The Morgan fingerprint density at radius 1 is 0.929 bits per heavy atom. The molecule has 0 aliphatic carbocycles. The molecule has 0 fully saturated rings. The van der Waals surface area contributed by atoms with Crippen molar-refractivity contribution in [2.24, 2.45) is 0 Å². The summed E-state index contributed by atoms with van der Waals surface area (Å²) in [5, 5.41) is 5.50. The summed E-state index contributed by atoms with van der Waals surface area (Å²) in [4.78, 5) is 33.3. The zero-order valence-corrected chi connectivity index (χ0v) is 14.9. The molecule has 4 rings (SSSR count). The average molecular weight is 376 g/mol. The van der Waals surface area contributed by atoms with Crippen molar-refractivity contribution in [2.45, 2.75) is 6.92 Å². The minimum atomic E-state index is -0.448. The second-order valence-corrected chi connectivity index (χ2v) is 6.06. The number of ether oxygens (including phenoxy) is 2. The average Bonchev–Trinajstić information content (AvgIpc) is 3.16. The maximum absolute atomic E-state index is 12.7. The lowest BCUT2D eigenvalue weighted by Gasteiger charge is -2.11. The highest BCUT2D eigenvalue weighted by Crippen LogP contribution is 2.34. The molecular weight excluding hydrogens is 360 g/mol. The number of anilines is 2. The number of rotatable bonds is 4. The molecule has 0 unspecified atom stereocenters. The Balaban J connectivity index is 1.52. The molecule has 0 radical (unpaired) electrons. The predicted octanol–water partition coefficient (Wildman–Crippen LogP) is 3.02. The molecule has 8 heteroatoms. The Morgan fingerprint density at radius 2 is 1.75 bits per heavy atom. The van der Waals surface area contributed by atoms with Gasteiger partial charge in [0.15, 0.2) is 11.5 Å². The van der Waals surface area contributed by atoms with Crippen molar-refractivity contribution < 1.29 is 19.1 Å². The van der Waals surface area contributed by atoms with E-state index < -0.39 is 5.91 Å². The number of benzene rings is 2. The summed E-state index contributed by atoms with van der Waals surface area (Å²) in [6, 6.07) is 11.8. The number of carbonyl (C=O) groups excluding carboxylic acids is 2. The maximum atomic E-state index is 12.7. The van der Waals surface area contributed by atoms with Gasteiger partial charge in [-0.1, -0.05) is 12.1 Å². The summed E-state index contributed by atoms with van der Waals surface area (Å²) >= 11 is 0. The van der Waals surface area contributed by atoms with Crippen LogP contribution >= 0.6 is 0 Å². The number of para-hydroxylation sites is 1. The van der Waals surface area contributed by atoms with Gasteiger partial charge in [-0.25, -0.2) is 4.98 Å². The largest absolute Gasteiger partial charge is 0.454 e. The monoisotopic (exact) mass is 376 g/mol. The molecule has 1 aliphatic heterocycles. The van der Waals surface area contributed by atoms with Crippen molar-refractivity contribution in [3.05, 3.63) is 71.8 Å². The normalized spacial score (nSPS) is 11.8. The minimum Gasteiger partial charge on any atom is -0.454 e. The molecular formula is C20H16N4O4. The highest BCUT2D eigenvalue weighted by atomic mass is 16.7. The van der Waals surface area contributed by atoms with Crippen LogP contribution in [0.25, 0.3) is 0 Å². The van der Waals surface area contributed by atoms with Crippen LogP contribution in [0.2, 0.25) is 0 Å². The second-order valence-electron chi connectivity index (χ2n) is 6.06. The minimum absolute atomic E-state index is 0.156. The van der Waals surface area contributed by atoms with E-state index in [4.69, 9.17) is 9.47 Å². The number of hydrogen-bond acceptors (Lipinski definition) is 6. The quantitative estimate of drug-likeness (QED) is 0.726. The molecule has 1 aromatic heterocycles. The van der Waals surface area contributed by atoms with Gasteiger partial charge < -0.3 is 20.1 Å². The smallest absolute Gasteiger partial charge is 0.275 e. The molecule has 0 atom stereocenters. The summed E-state index contributed by atoms with van der Waals surface area (Å²) in [5.41, 5.74) is 2.11. The molecule has 2 amide bonds. The predicted molar refractivity (Wildman–Crippen MR) is 102 cm³/mol. The molecule has 0 saturated heterocycles. The Morgan fingerprint density at radius 3 is 2.57 bits per heavy atom. The zero-order valence-electron chi connectivity index (χ0n) is 14.9. The Hall–Kier alpha value is -3.94. The lowest BCUT2D eigenvalue weighted by Crippen LogP contribution is -2.19. The van der Waals surface area contributed by atoms with Gasteiger partial charge in [0, 0.05) is 18.0 Å². The molecule has 2 heterocycles. The van der Waals surface area contributed by atoms with Gasteiger partial charge in [0.2, 0.25) is 6.79 Å². The Bertz CT molecular complexity index is 1050. The van der Waals surface area contributed by atoms with E-state index in [0.717, 1.165) is 0 Å². The first-order valence-electron chi connectivity index (χ1n) is 8.50. The number of aryl methyl sites for hydroxylation is 1. The first-order chi connectivity index (χ1) is 13.6. The first-order valence-corrected chi connectivity index (χ1v) is 8.50. The van der Waals surface area contributed by atoms with Crippen LogP contribution in [0, 0.1) is 6.92 Å². The number of aromatic nitrogens is 2. The van der Waals surface area contributed by atoms with E-state index in [-0.39, 0.29) is 18.4 Å². The van der Waals surface area contributed by atoms with Gasteiger partial charge in [0.05, 0.1) is 23.1 Å². The van der Waals surface area contributed by atoms with Crippen molar-refractivity contribution in [2.75, 3.05) is 17.4 Å².